The van der Waals surface area contributed by atoms with Crippen molar-refractivity contribution in [2.75, 3.05) is 6.54 Å². The second-order valence-electron chi connectivity index (χ2n) is 6.97. The summed E-state index contributed by atoms with van der Waals surface area (Å²) < 4.78 is 28.9. The minimum absolute atomic E-state index is 0.185. The smallest absolute Gasteiger partial charge is 0.263 e. The van der Waals surface area contributed by atoms with Crippen molar-refractivity contribution in [2.45, 2.75) is 30.8 Å². The highest BCUT2D eigenvalue weighted by molar-refractivity contribution is 7.90. The van der Waals surface area contributed by atoms with Gasteiger partial charge in [-0.1, -0.05) is 30.3 Å². The number of para-hydroxylation sites is 1. The lowest BCUT2D eigenvalue weighted by molar-refractivity contribution is -0.121. The maximum Gasteiger partial charge on any atom is 0.263 e. The van der Waals surface area contributed by atoms with E-state index in [1.165, 1.54) is 17.0 Å². The Labute approximate surface area is 169 Å². The number of fused-ring (bicyclic) bond motifs is 2. The lowest BCUT2D eigenvalue weighted by Gasteiger charge is -2.10. The molecule has 0 radical (unpaired) electrons. The van der Waals surface area contributed by atoms with Gasteiger partial charge in [-0.05, 0) is 43.0 Å². The highest BCUT2D eigenvalue weighted by Crippen LogP contribution is 2.22. The van der Waals surface area contributed by atoms with Crippen molar-refractivity contribution in [3.63, 3.8) is 0 Å². The molecule has 1 amide bonds. The van der Waals surface area contributed by atoms with Crippen LogP contribution in [0.1, 0.15) is 18.9 Å². The van der Waals surface area contributed by atoms with E-state index in [1.807, 2.05) is 18.3 Å². The van der Waals surface area contributed by atoms with E-state index in [1.54, 1.807) is 25.1 Å². The van der Waals surface area contributed by atoms with Crippen LogP contribution in [0, 0.1) is 0 Å². The van der Waals surface area contributed by atoms with Crippen LogP contribution < -0.4 is 10.0 Å². The van der Waals surface area contributed by atoms with Crippen LogP contribution in [0.2, 0.25) is 0 Å². The highest BCUT2D eigenvalue weighted by atomic mass is 32.2. The van der Waals surface area contributed by atoms with Crippen molar-refractivity contribution in [1.82, 2.24) is 14.6 Å². The number of nitrogens with one attached hydrogen (secondary N) is 2. The first-order valence-corrected chi connectivity index (χ1v) is 11.0. The minimum Gasteiger partial charge on any atom is -0.354 e. The quantitative estimate of drug-likeness (QED) is 0.611. The third-order valence-corrected chi connectivity index (χ3v) is 6.32. The van der Waals surface area contributed by atoms with Gasteiger partial charge in [0.2, 0.25) is 5.91 Å². The zero-order valence-electron chi connectivity index (χ0n) is 16.0. The van der Waals surface area contributed by atoms with Crippen molar-refractivity contribution in [3.8, 4) is 0 Å². The molecule has 7 nitrogen and oxygen atoms in total. The van der Waals surface area contributed by atoms with E-state index in [9.17, 15) is 13.2 Å². The zero-order chi connectivity index (χ0) is 20.4. The van der Waals surface area contributed by atoms with Crippen LogP contribution in [0.5, 0.6) is 0 Å². The first-order chi connectivity index (χ1) is 14.0. The molecule has 0 aliphatic carbocycles. The number of rotatable bonds is 6. The summed E-state index contributed by atoms with van der Waals surface area (Å²) in [5.74, 6) is -0.0273. The number of aliphatic imine (C=N–C) groups is 1. The molecule has 1 aliphatic rings. The van der Waals surface area contributed by atoms with Crippen molar-refractivity contribution < 1.29 is 13.2 Å². The summed E-state index contributed by atoms with van der Waals surface area (Å²) in [5, 5.41) is 4.07. The molecule has 1 aromatic heterocycles. The molecule has 8 heteroatoms. The molecule has 1 aliphatic heterocycles. The van der Waals surface area contributed by atoms with Gasteiger partial charge in [0.1, 0.15) is 11.9 Å². The Morgan fingerprint density at radius 1 is 1.14 bits per heavy atom. The molecule has 0 unspecified atom stereocenters. The normalized spacial score (nSPS) is 17.1. The molecular formula is C21H22N4O3S. The second-order valence-corrected chi connectivity index (χ2v) is 8.62. The Kier molecular flexibility index (Phi) is 5.10. The summed E-state index contributed by atoms with van der Waals surface area (Å²) in [6, 6.07) is 16.1. The van der Waals surface area contributed by atoms with E-state index < -0.39 is 16.1 Å². The SMILES string of the molecule is C[C@H](N=C1NS(=O)(=O)c2ccccc21)C(=O)NCCCn1ccc2ccccc21. The Morgan fingerprint density at radius 3 is 2.76 bits per heavy atom. The van der Waals surface area contributed by atoms with E-state index >= 15 is 0 Å². The molecule has 150 valence electrons. The van der Waals surface area contributed by atoms with Crippen molar-refractivity contribution in [3.05, 3.63) is 66.4 Å². The van der Waals surface area contributed by atoms with Gasteiger partial charge in [-0.15, -0.1) is 0 Å². The second kappa shape index (κ2) is 7.71. The topological polar surface area (TPSA) is 92.6 Å². The predicted molar refractivity (Wildman–Crippen MR) is 112 cm³/mol. The Morgan fingerprint density at radius 2 is 1.90 bits per heavy atom. The number of carbonyl (C=O) groups is 1. The van der Waals surface area contributed by atoms with Crippen LogP contribution in [-0.4, -0.2) is 37.3 Å². The van der Waals surface area contributed by atoms with Crippen LogP contribution in [0.15, 0.2) is 70.7 Å². The first kappa shape index (κ1) is 19.2. The predicted octanol–water partition coefficient (Wildman–Crippen LogP) is 2.27. The van der Waals surface area contributed by atoms with E-state index in [4.69, 9.17) is 0 Å². The van der Waals surface area contributed by atoms with Crippen LogP contribution in [0.25, 0.3) is 10.9 Å². The van der Waals surface area contributed by atoms with E-state index in [2.05, 4.69) is 37.8 Å². The van der Waals surface area contributed by atoms with Gasteiger partial charge < -0.3 is 9.88 Å². The molecule has 2 aromatic carbocycles. The Hall–Kier alpha value is -3.13. The van der Waals surface area contributed by atoms with Gasteiger partial charge in [0.15, 0.2) is 0 Å². The van der Waals surface area contributed by atoms with Crippen LogP contribution in [-0.2, 0) is 21.4 Å². The fourth-order valence-corrected chi connectivity index (χ4v) is 4.67. The summed E-state index contributed by atoms with van der Waals surface area (Å²) in [5.41, 5.74) is 1.66. The molecule has 0 spiro atoms. The number of aromatic nitrogens is 1. The number of sulfonamides is 1. The van der Waals surface area contributed by atoms with Gasteiger partial charge in [0.05, 0.1) is 4.90 Å². The minimum atomic E-state index is -3.61. The number of hydrogen-bond acceptors (Lipinski definition) is 4. The van der Waals surface area contributed by atoms with Crippen molar-refractivity contribution >= 4 is 32.7 Å². The maximum absolute atomic E-state index is 12.4. The third kappa shape index (κ3) is 3.88. The van der Waals surface area contributed by atoms with E-state index in [0.717, 1.165) is 13.0 Å². The Bertz CT molecular complexity index is 1200. The number of carbonyl (C=O) groups excluding carboxylic acids is 1. The van der Waals surface area contributed by atoms with Gasteiger partial charge in [-0.3, -0.25) is 14.5 Å². The summed E-state index contributed by atoms with van der Waals surface area (Å²) in [7, 11) is -3.61. The fraction of sp³-hybridized carbons (Fsp3) is 0.238. The summed E-state index contributed by atoms with van der Waals surface area (Å²) in [6.07, 6.45) is 2.83. The molecule has 3 aromatic rings. The molecule has 4 rings (SSSR count). The molecule has 29 heavy (non-hydrogen) atoms. The largest absolute Gasteiger partial charge is 0.354 e. The standard InChI is InChI=1S/C21H22N4O3S/c1-15(23-20-17-8-3-5-10-19(17)29(27,28)24-20)21(26)22-12-6-13-25-14-11-16-7-2-4-9-18(16)25/h2-5,7-11,14-15H,6,12-13H2,1H3,(H,22,26)(H,23,24)/t15-/m0/s1. The fourth-order valence-electron chi connectivity index (χ4n) is 3.43. The average Bonchev–Trinajstić information content (AvgIpc) is 3.24. The van der Waals surface area contributed by atoms with E-state index in [-0.39, 0.29) is 16.6 Å². The molecule has 2 heterocycles. The van der Waals surface area contributed by atoms with Crippen LogP contribution in [0.3, 0.4) is 0 Å². The first-order valence-electron chi connectivity index (χ1n) is 9.47. The van der Waals surface area contributed by atoms with E-state index in [0.29, 0.717) is 12.1 Å². The highest BCUT2D eigenvalue weighted by Gasteiger charge is 2.31. The zero-order valence-corrected chi connectivity index (χ0v) is 16.8. The molecule has 1 atom stereocenters. The number of hydrogen-bond donors (Lipinski definition) is 2. The summed E-state index contributed by atoms with van der Waals surface area (Å²) >= 11 is 0. The monoisotopic (exact) mass is 410 g/mol. The lowest BCUT2D eigenvalue weighted by atomic mass is 10.2. The number of benzene rings is 2. The molecule has 0 saturated heterocycles. The van der Waals surface area contributed by atoms with Gasteiger partial charge in [0.25, 0.3) is 10.0 Å². The van der Waals surface area contributed by atoms with Crippen molar-refractivity contribution in [1.29, 1.82) is 0 Å². The molecular weight excluding hydrogens is 388 g/mol. The molecule has 0 saturated carbocycles. The Balaban J connectivity index is 1.34. The van der Waals surface area contributed by atoms with Gasteiger partial charge in [-0.2, -0.15) is 0 Å². The molecule has 0 bridgehead atoms. The molecule has 2 N–H and O–H groups in total. The lowest BCUT2D eigenvalue weighted by Crippen LogP contribution is -2.34. The van der Waals surface area contributed by atoms with Crippen LogP contribution >= 0.6 is 0 Å². The summed E-state index contributed by atoms with van der Waals surface area (Å²) in [6.45, 7) is 2.96. The average molecular weight is 410 g/mol. The summed E-state index contributed by atoms with van der Waals surface area (Å²) in [4.78, 5) is 16.9. The maximum atomic E-state index is 12.4. The number of nitrogens with zero attached hydrogens (tertiary/aromatic N) is 2. The van der Waals surface area contributed by atoms with Crippen molar-refractivity contribution in [2.24, 2.45) is 4.99 Å². The van der Waals surface area contributed by atoms with Crippen LogP contribution in [0.4, 0.5) is 0 Å². The number of amidine groups is 1. The van der Waals surface area contributed by atoms with Gasteiger partial charge >= 0.3 is 0 Å². The number of amides is 1. The van der Waals surface area contributed by atoms with Gasteiger partial charge in [-0.25, -0.2) is 8.42 Å². The molecule has 0 fully saturated rings. The number of aryl methyl sites for hydroxylation is 1. The van der Waals surface area contributed by atoms with Gasteiger partial charge in [0, 0.05) is 30.4 Å². The third-order valence-electron chi connectivity index (χ3n) is 4.92.